The highest BCUT2D eigenvalue weighted by Crippen LogP contribution is 2.59. The summed E-state index contributed by atoms with van der Waals surface area (Å²) in [5.41, 5.74) is -0.519. The standard InChI is InChI=1S/C8H10F2O2.ClH/c1-8(2)4(3-5(9)10)6(8)7(11)12;/h3-4,6H,1-2H3,(H,11,12);1H. The summed E-state index contributed by atoms with van der Waals surface area (Å²) < 4.78 is 23.5. The Morgan fingerprint density at radius 2 is 1.92 bits per heavy atom. The SMILES string of the molecule is CC1(C)C(C=C(F)F)C1C(=O)O.Cl. The second kappa shape index (κ2) is 3.62. The van der Waals surface area contributed by atoms with Crippen molar-refractivity contribution < 1.29 is 18.7 Å². The lowest BCUT2D eigenvalue weighted by molar-refractivity contribution is -0.139. The zero-order valence-electron chi connectivity index (χ0n) is 7.25. The second-order valence-corrected chi connectivity index (χ2v) is 3.62. The summed E-state index contributed by atoms with van der Waals surface area (Å²) in [7, 11) is 0. The van der Waals surface area contributed by atoms with E-state index in [1.54, 1.807) is 13.8 Å². The molecule has 0 aromatic carbocycles. The van der Waals surface area contributed by atoms with E-state index in [0.29, 0.717) is 0 Å². The Bertz CT molecular complexity index is 247. The van der Waals surface area contributed by atoms with Crippen LogP contribution in [0.3, 0.4) is 0 Å². The smallest absolute Gasteiger partial charge is 0.307 e. The summed E-state index contributed by atoms with van der Waals surface area (Å²) in [6.45, 7) is 3.35. The number of halogens is 3. The van der Waals surface area contributed by atoms with Crippen LogP contribution in [-0.2, 0) is 4.79 Å². The maximum atomic E-state index is 11.8. The van der Waals surface area contributed by atoms with Crippen molar-refractivity contribution in [3.63, 3.8) is 0 Å². The molecule has 0 bridgehead atoms. The molecule has 1 N–H and O–H groups in total. The number of aliphatic carboxylic acids is 1. The van der Waals surface area contributed by atoms with Crippen molar-refractivity contribution in [3.8, 4) is 0 Å². The minimum Gasteiger partial charge on any atom is -0.481 e. The second-order valence-electron chi connectivity index (χ2n) is 3.62. The molecule has 2 unspecified atom stereocenters. The first-order valence-electron chi connectivity index (χ1n) is 3.63. The van der Waals surface area contributed by atoms with Gasteiger partial charge in [-0.15, -0.1) is 12.4 Å². The van der Waals surface area contributed by atoms with Gasteiger partial charge in [-0.25, -0.2) is 0 Å². The number of allylic oxidation sites excluding steroid dienone is 1. The Morgan fingerprint density at radius 1 is 1.46 bits per heavy atom. The predicted molar refractivity (Wildman–Crippen MR) is 45.9 cm³/mol. The molecule has 0 aromatic rings. The molecule has 1 aliphatic rings. The van der Waals surface area contributed by atoms with Crippen molar-refractivity contribution in [1.82, 2.24) is 0 Å². The summed E-state index contributed by atoms with van der Waals surface area (Å²) in [6.07, 6.45) is -1.06. The summed E-state index contributed by atoms with van der Waals surface area (Å²) in [4.78, 5) is 10.5. The van der Waals surface area contributed by atoms with Gasteiger partial charge in [-0.1, -0.05) is 13.8 Å². The van der Waals surface area contributed by atoms with Gasteiger partial charge in [-0.2, -0.15) is 8.78 Å². The number of hydrogen-bond donors (Lipinski definition) is 1. The Hall–Kier alpha value is -0.640. The van der Waals surface area contributed by atoms with Gasteiger partial charge in [0.05, 0.1) is 5.92 Å². The molecule has 0 aliphatic heterocycles. The zero-order chi connectivity index (χ0) is 9.52. The van der Waals surface area contributed by atoms with Crippen LogP contribution >= 0.6 is 12.4 Å². The van der Waals surface area contributed by atoms with Crippen LogP contribution in [-0.4, -0.2) is 11.1 Å². The monoisotopic (exact) mass is 212 g/mol. The van der Waals surface area contributed by atoms with Crippen LogP contribution in [0.1, 0.15) is 13.8 Å². The Kier molecular flexibility index (Phi) is 3.44. The lowest BCUT2D eigenvalue weighted by Crippen LogP contribution is -2.02. The highest BCUT2D eigenvalue weighted by atomic mass is 35.5. The number of carboxylic acids is 1. The van der Waals surface area contributed by atoms with E-state index in [0.717, 1.165) is 6.08 Å². The molecule has 0 spiro atoms. The van der Waals surface area contributed by atoms with Gasteiger partial charge in [-0.3, -0.25) is 4.79 Å². The van der Waals surface area contributed by atoms with E-state index in [1.807, 2.05) is 0 Å². The lowest BCUT2D eigenvalue weighted by Gasteiger charge is -1.95. The topological polar surface area (TPSA) is 37.3 Å². The molecule has 0 radical (unpaired) electrons. The number of carboxylic acid groups (broad SMARTS) is 1. The summed E-state index contributed by atoms with van der Waals surface area (Å²) in [5, 5.41) is 8.60. The normalized spacial score (nSPS) is 28.6. The van der Waals surface area contributed by atoms with E-state index in [9.17, 15) is 13.6 Å². The van der Waals surface area contributed by atoms with Crippen LogP contribution in [0.4, 0.5) is 8.78 Å². The third kappa shape index (κ3) is 2.18. The largest absolute Gasteiger partial charge is 0.481 e. The quantitative estimate of drug-likeness (QED) is 0.764. The van der Waals surface area contributed by atoms with Gasteiger partial charge in [-0.05, 0) is 11.5 Å². The molecule has 5 heteroatoms. The van der Waals surface area contributed by atoms with Gasteiger partial charge in [0.15, 0.2) is 0 Å². The van der Waals surface area contributed by atoms with Crippen molar-refractivity contribution in [2.75, 3.05) is 0 Å². The molecular formula is C8H11ClF2O2. The number of carbonyl (C=O) groups is 1. The van der Waals surface area contributed by atoms with Crippen molar-refractivity contribution in [2.45, 2.75) is 13.8 Å². The highest BCUT2D eigenvalue weighted by Gasteiger charge is 2.61. The molecule has 76 valence electrons. The van der Waals surface area contributed by atoms with E-state index >= 15 is 0 Å². The fraction of sp³-hybridized carbons (Fsp3) is 0.625. The molecule has 13 heavy (non-hydrogen) atoms. The molecule has 1 rings (SSSR count). The van der Waals surface area contributed by atoms with E-state index in [-0.39, 0.29) is 12.4 Å². The maximum absolute atomic E-state index is 11.8. The first-order valence-corrected chi connectivity index (χ1v) is 3.63. The molecule has 2 nitrogen and oxygen atoms in total. The molecule has 0 aromatic heterocycles. The van der Waals surface area contributed by atoms with Crippen molar-refractivity contribution in [1.29, 1.82) is 0 Å². The van der Waals surface area contributed by atoms with Crippen LogP contribution in [0.2, 0.25) is 0 Å². The molecule has 0 heterocycles. The Balaban J connectivity index is 0.00000144. The fourth-order valence-corrected chi connectivity index (χ4v) is 1.60. The average molecular weight is 213 g/mol. The van der Waals surface area contributed by atoms with Crippen LogP contribution in [0.15, 0.2) is 12.2 Å². The molecule has 1 saturated carbocycles. The fourth-order valence-electron chi connectivity index (χ4n) is 1.60. The van der Waals surface area contributed by atoms with E-state index < -0.39 is 29.3 Å². The zero-order valence-corrected chi connectivity index (χ0v) is 8.07. The molecule has 1 aliphatic carbocycles. The van der Waals surface area contributed by atoms with Gasteiger partial charge in [0.2, 0.25) is 0 Å². The van der Waals surface area contributed by atoms with Gasteiger partial charge in [0, 0.05) is 5.92 Å². The van der Waals surface area contributed by atoms with Crippen molar-refractivity contribution >= 4 is 18.4 Å². The maximum Gasteiger partial charge on any atom is 0.307 e. The Labute approximate surface area is 81.0 Å². The third-order valence-corrected chi connectivity index (χ3v) is 2.48. The summed E-state index contributed by atoms with van der Waals surface area (Å²) >= 11 is 0. The number of rotatable bonds is 2. The van der Waals surface area contributed by atoms with E-state index in [2.05, 4.69) is 0 Å². The predicted octanol–water partition coefficient (Wildman–Crippen LogP) is 2.55. The summed E-state index contributed by atoms with van der Waals surface area (Å²) in [6, 6.07) is 0. The van der Waals surface area contributed by atoms with Crippen molar-refractivity contribution in [2.24, 2.45) is 17.3 Å². The molecular weight excluding hydrogens is 202 g/mol. The van der Waals surface area contributed by atoms with Gasteiger partial charge < -0.3 is 5.11 Å². The van der Waals surface area contributed by atoms with Crippen LogP contribution < -0.4 is 0 Å². The van der Waals surface area contributed by atoms with Crippen molar-refractivity contribution in [3.05, 3.63) is 12.2 Å². The average Bonchev–Trinajstić information content (AvgIpc) is 2.32. The Morgan fingerprint density at radius 3 is 2.15 bits per heavy atom. The number of hydrogen-bond acceptors (Lipinski definition) is 1. The third-order valence-electron chi connectivity index (χ3n) is 2.48. The van der Waals surface area contributed by atoms with E-state index in [4.69, 9.17) is 5.11 Å². The van der Waals surface area contributed by atoms with Crippen LogP contribution in [0.5, 0.6) is 0 Å². The molecule has 0 saturated heterocycles. The first kappa shape index (κ1) is 12.4. The molecule has 1 fully saturated rings. The molecule has 2 atom stereocenters. The van der Waals surface area contributed by atoms with Gasteiger partial charge in [0.1, 0.15) is 0 Å². The van der Waals surface area contributed by atoms with Crippen LogP contribution in [0, 0.1) is 17.3 Å². The molecule has 0 amide bonds. The summed E-state index contributed by atoms with van der Waals surface area (Å²) in [5.74, 6) is -2.17. The minimum absolute atomic E-state index is 0. The van der Waals surface area contributed by atoms with Gasteiger partial charge in [0.25, 0.3) is 6.08 Å². The highest BCUT2D eigenvalue weighted by molar-refractivity contribution is 5.85. The minimum atomic E-state index is -1.79. The first-order chi connectivity index (χ1) is 5.37. The van der Waals surface area contributed by atoms with E-state index in [1.165, 1.54) is 0 Å². The lowest BCUT2D eigenvalue weighted by atomic mass is 10.1. The van der Waals surface area contributed by atoms with Crippen LogP contribution in [0.25, 0.3) is 0 Å². The van der Waals surface area contributed by atoms with Gasteiger partial charge >= 0.3 is 5.97 Å².